The van der Waals surface area contributed by atoms with Crippen LogP contribution in [0.2, 0.25) is 0 Å². The SMILES string of the molecule is Fc1ccccc1CCNc1nc(N2CCCCCCC2)nc(N2CCCCCCC2)n1. The van der Waals surface area contributed by atoms with Crippen LogP contribution >= 0.6 is 0 Å². The minimum absolute atomic E-state index is 0.160. The average Bonchev–Trinajstić information content (AvgIpc) is 2.74. The lowest BCUT2D eigenvalue weighted by atomic mass is 10.1. The molecule has 1 aromatic carbocycles. The van der Waals surface area contributed by atoms with Gasteiger partial charge in [0.15, 0.2) is 0 Å². The minimum Gasteiger partial charge on any atom is -0.354 e. The van der Waals surface area contributed by atoms with E-state index in [0.717, 1.165) is 38.1 Å². The monoisotopic (exact) mass is 440 g/mol. The Balaban J connectivity index is 1.52. The first-order valence-electron chi connectivity index (χ1n) is 12.5. The Morgan fingerprint density at radius 2 is 1.19 bits per heavy atom. The van der Waals surface area contributed by atoms with Crippen LogP contribution in [-0.4, -0.2) is 47.7 Å². The second-order valence-electron chi connectivity index (χ2n) is 9.04. The van der Waals surface area contributed by atoms with Gasteiger partial charge in [-0.3, -0.25) is 0 Å². The molecule has 1 aromatic heterocycles. The lowest BCUT2D eigenvalue weighted by Crippen LogP contribution is -2.32. The molecule has 0 aliphatic carbocycles. The van der Waals surface area contributed by atoms with Gasteiger partial charge in [-0.05, 0) is 43.7 Å². The summed E-state index contributed by atoms with van der Waals surface area (Å²) in [7, 11) is 0. The van der Waals surface area contributed by atoms with Crippen LogP contribution in [0.1, 0.15) is 69.8 Å². The highest BCUT2D eigenvalue weighted by atomic mass is 19.1. The fourth-order valence-electron chi connectivity index (χ4n) is 4.62. The number of nitrogens with zero attached hydrogens (tertiary/aromatic N) is 5. The molecule has 2 aliphatic heterocycles. The first kappa shape index (κ1) is 22.7. The van der Waals surface area contributed by atoms with Crippen molar-refractivity contribution >= 4 is 17.8 Å². The molecular weight excluding hydrogens is 403 g/mol. The van der Waals surface area contributed by atoms with E-state index in [0.29, 0.717) is 24.5 Å². The summed E-state index contributed by atoms with van der Waals surface area (Å²) >= 11 is 0. The van der Waals surface area contributed by atoms with Crippen LogP contribution in [0.5, 0.6) is 0 Å². The van der Waals surface area contributed by atoms with E-state index in [4.69, 9.17) is 15.0 Å². The zero-order chi connectivity index (χ0) is 22.0. The fourth-order valence-corrected chi connectivity index (χ4v) is 4.62. The number of halogens is 1. The molecule has 174 valence electrons. The molecule has 7 heteroatoms. The summed E-state index contributed by atoms with van der Waals surface area (Å²) in [5.41, 5.74) is 0.710. The molecule has 1 N–H and O–H groups in total. The van der Waals surface area contributed by atoms with Gasteiger partial charge in [0.25, 0.3) is 0 Å². The number of hydrogen-bond acceptors (Lipinski definition) is 6. The number of rotatable bonds is 6. The molecule has 0 spiro atoms. The first-order valence-corrected chi connectivity index (χ1v) is 12.5. The third-order valence-electron chi connectivity index (χ3n) is 6.52. The molecule has 32 heavy (non-hydrogen) atoms. The molecule has 2 aromatic rings. The maximum absolute atomic E-state index is 14.0. The van der Waals surface area contributed by atoms with Crippen LogP contribution in [0.25, 0.3) is 0 Å². The quantitative estimate of drug-likeness (QED) is 0.666. The Bertz CT molecular complexity index is 789. The molecule has 0 bridgehead atoms. The van der Waals surface area contributed by atoms with E-state index in [1.54, 1.807) is 6.07 Å². The van der Waals surface area contributed by atoms with Crippen molar-refractivity contribution in [2.24, 2.45) is 0 Å². The predicted molar refractivity (Wildman–Crippen MR) is 129 cm³/mol. The lowest BCUT2D eigenvalue weighted by molar-refractivity contribution is 0.542. The van der Waals surface area contributed by atoms with Crippen molar-refractivity contribution < 1.29 is 4.39 Å². The molecule has 4 rings (SSSR count). The Hall–Kier alpha value is -2.44. The Morgan fingerprint density at radius 3 is 1.72 bits per heavy atom. The maximum Gasteiger partial charge on any atom is 0.231 e. The molecular formula is C25H37FN6. The van der Waals surface area contributed by atoms with Gasteiger partial charge in [0.1, 0.15) is 5.82 Å². The molecule has 0 radical (unpaired) electrons. The standard InChI is InChI=1S/C25H37FN6/c26-22-14-8-7-13-21(22)15-16-27-23-28-24(31-17-9-3-1-4-10-18-31)30-25(29-23)32-19-11-5-2-6-12-20-32/h7-8,13-14H,1-6,9-12,15-20H2,(H,27,28,29,30). The third-order valence-corrected chi connectivity index (χ3v) is 6.52. The van der Waals surface area contributed by atoms with Gasteiger partial charge < -0.3 is 15.1 Å². The first-order chi connectivity index (χ1) is 15.8. The predicted octanol–water partition coefficient (Wildman–Crippen LogP) is 5.21. The van der Waals surface area contributed by atoms with E-state index >= 15 is 0 Å². The minimum atomic E-state index is -0.160. The zero-order valence-corrected chi connectivity index (χ0v) is 19.2. The Labute approximate surface area is 191 Å². The van der Waals surface area contributed by atoms with Crippen LogP contribution in [0.15, 0.2) is 24.3 Å². The number of anilines is 3. The van der Waals surface area contributed by atoms with Gasteiger partial charge in [-0.15, -0.1) is 0 Å². The second kappa shape index (κ2) is 12.0. The lowest BCUT2D eigenvalue weighted by Gasteiger charge is -2.28. The summed E-state index contributed by atoms with van der Waals surface area (Å²) in [6, 6.07) is 6.95. The van der Waals surface area contributed by atoms with Gasteiger partial charge >= 0.3 is 0 Å². The van der Waals surface area contributed by atoms with Gasteiger partial charge in [-0.1, -0.05) is 56.7 Å². The van der Waals surface area contributed by atoms with Crippen molar-refractivity contribution in [3.8, 4) is 0 Å². The smallest absolute Gasteiger partial charge is 0.231 e. The van der Waals surface area contributed by atoms with Crippen molar-refractivity contribution in [3.63, 3.8) is 0 Å². The summed E-state index contributed by atoms with van der Waals surface area (Å²) in [5, 5.41) is 3.35. The molecule has 0 saturated carbocycles. The Kier molecular flexibility index (Phi) is 8.51. The molecule has 2 saturated heterocycles. The van der Waals surface area contributed by atoms with E-state index in [-0.39, 0.29) is 5.82 Å². The zero-order valence-electron chi connectivity index (χ0n) is 19.2. The maximum atomic E-state index is 14.0. The molecule has 3 heterocycles. The van der Waals surface area contributed by atoms with Gasteiger partial charge in [-0.2, -0.15) is 15.0 Å². The van der Waals surface area contributed by atoms with Crippen LogP contribution in [0, 0.1) is 5.82 Å². The third kappa shape index (κ3) is 6.53. The fraction of sp³-hybridized carbons (Fsp3) is 0.640. The van der Waals surface area contributed by atoms with Crippen LogP contribution in [0.4, 0.5) is 22.2 Å². The van der Waals surface area contributed by atoms with Gasteiger partial charge in [0.2, 0.25) is 17.8 Å². The largest absolute Gasteiger partial charge is 0.354 e. The van der Waals surface area contributed by atoms with E-state index in [2.05, 4.69) is 15.1 Å². The highest BCUT2D eigenvalue weighted by Gasteiger charge is 2.19. The normalized spacial score (nSPS) is 18.4. The molecule has 2 fully saturated rings. The second-order valence-corrected chi connectivity index (χ2v) is 9.04. The van der Waals surface area contributed by atoms with Crippen LogP contribution in [-0.2, 0) is 6.42 Å². The van der Waals surface area contributed by atoms with Gasteiger partial charge in [0, 0.05) is 32.7 Å². The van der Waals surface area contributed by atoms with Crippen molar-refractivity contribution in [1.82, 2.24) is 15.0 Å². The summed E-state index contributed by atoms with van der Waals surface area (Å²) in [6.45, 7) is 4.58. The number of nitrogens with one attached hydrogen (secondary N) is 1. The number of benzene rings is 1. The highest BCUT2D eigenvalue weighted by Crippen LogP contribution is 2.22. The molecule has 6 nitrogen and oxygen atoms in total. The summed E-state index contributed by atoms with van der Waals surface area (Å²) < 4.78 is 14.0. The molecule has 0 amide bonds. The van der Waals surface area contributed by atoms with E-state index in [1.165, 1.54) is 70.3 Å². The van der Waals surface area contributed by atoms with Crippen molar-refractivity contribution in [1.29, 1.82) is 0 Å². The highest BCUT2D eigenvalue weighted by molar-refractivity contribution is 5.45. The Morgan fingerprint density at radius 1 is 0.688 bits per heavy atom. The van der Waals surface area contributed by atoms with Crippen molar-refractivity contribution in [2.45, 2.75) is 70.6 Å². The van der Waals surface area contributed by atoms with Crippen LogP contribution < -0.4 is 15.1 Å². The average molecular weight is 441 g/mol. The van der Waals surface area contributed by atoms with Gasteiger partial charge in [-0.25, -0.2) is 4.39 Å². The summed E-state index contributed by atoms with van der Waals surface area (Å²) in [4.78, 5) is 19.2. The van der Waals surface area contributed by atoms with E-state index < -0.39 is 0 Å². The van der Waals surface area contributed by atoms with E-state index in [9.17, 15) is 4.39 Å². The van der Waals surface area contributed by atoms with Crippen molar-refractivity contribution in [3.05, 3.63) is 35.6 Å². The summed E-state index contributed by atoms with van der Waals surface area (Å²) in [5.74, 6) is 2.01. The topological polar surface area (TPSA) is 57.2 Å². The molecule has 2 aliphatic rings. The van der Waals surface area contributed by atoms with E-state index in [1.807, 2.05) is 12.1 Å². The number of hydrogen-bond donors (Lipinski definition) is 1. The molecule has 0 atom stereocenters. The van der Waals surface area contributed by atoms with Crippen molar-refractivity contribution in [2.75, 3.05) is 47.8 Å². The van der Waals surface area contributed by atoms with Gasteiger partial charge in [0.05, 0.1) is 0 Å². The van der Waals surface area contributed by atoms with Crippen LogP contribution in [0.3, 0.4) is 0 Å². The summed E-state index contributed by atoms with van der Waals surface area (Å²) in [6.07, 6.45) is 13.1. The molecule has 0 unspecified atom stereocenters. The number of aromatic nitrogens is 3.